The van der Waals surface area contributed by atoms with Gasteiger partial charge in [-0.3, -0.25) is 0 Å². The van der Waals surface area contributed by atoms with Gasteiger partial charge in [0.1, 0.15) is 0 Å². The van der Waals surface area contributed by atoms with Gasteiger partial charge in [0.05, 0.1) is 23.4 Å². The molecule has 0 radical (unpaired) electrons. The van der Waals surface area contributed by atoms with Gasteiger partial charge in [0.15, 0.2) is 0 Å². The lowest BCUT2D eigenvalue weighted by Gasteiger charge is -2.21. The molecule has 2 N–H and O–H groups in total. The molecule has 0 spiro atoms. The summed E-state index contributed by atoms with van der Waals surface area (Å²) in [6.07, 6.45) is 2.39. The third kappa shape index (κ3) is 5.11. The Morgan fingerprint density at radius 2 is 1.08 bits per heavy atom. The maximum absolute atomic E-state index is 3.66. The molecule has 3 nitrogen and oxygen atoms in total. The molecular formula is C47H37N3. The summed E-state index contributed by atoms with van der Waals surface area (Å²) in [4.78, 5) is 0. The Bertz CT molecular complexity index is 2590. The van der Waals surface area contributed by atoms with Gasteiger partial charge >= 0.3 is 0 Å². The quantitative estimate of drug-likeness (QED) is 0.161. The van der Waals surface area contributed by atoms with Crippen LogP contribution in [0.4, 0.5) is 0 Å². The molecule has 1 unspecified atom stereocenters. The van der Waals surface area contributed by atoms with Gasteiger partial charge in [-0.15, -0.1) is 0 Å². The van der Waals surface area contributed by atoms with E-state index in [9.17, 15) is 0 Å². The smallest absolute Gasteiger partial charge is 0.0650 e. The second kappa shape index (κ2) is 12.7. The predicted molar refractivity (Wildman–Crippen MR) is 213 cm³/mol. The van der Waals surface area contributed by atoms with Gasteiger partial charge in [-0.25, -0.2) is 0 Å². The van der Waals surface area contributed by atoms with Crippen molar-refractivity contribution in [3.63, 3.8) is 0 Å². The highest BCUT2D eigenvalue weighted by molar-refractivity contribution is 6.28. The maximum Gasteiger partial charge on any atom is 0.0650 e. The van der Waals surface area contributed by atoms with Gasteiger partial charge in [0, 0.05) is 27.8 Å². The highest BCUT2D eigenvalue weighted by Gasteiger charge is 2.21. The standard InChI is InChI=1S/C47H37N3/c1-48-31-49-42(35-18-6-3-7-19-35)30-41(32-14-4-2-5-15-32)37-28-36-20-10-11-21-38(36)45(29-37)50-43-26-24-33-16-8-12-22-39(33)46(43)47-40-23-13-9-17-34(40)25-27-44(47)50/h2-30,41,48-49H,31H2,1H3/b42-30-. The molecule has 0 saturated heterocycles. The van der Waals surface area contributed by atoms with Crippen LogP contribution >= 0.6 is 0 Å². The number of nitrogens with zero attached hydrogens (tertiary/aromatic N) is 1. The Kier molecular flexibility index (Phi) is 7.61. The summed E-state index contributed by atoms with van der Waals surface area (Å²) in [6, 6.07) is 61.9. The molecule has 0 amide bonds. The first-order chi connectivity index (χ1) is 24.8. The fourth-order valence-electron chi connectivity index (χ4n) is 7.76. The summed E-state index contributed by atoms with van der Waals surface area (Å²) < 4.78 is 2.51. The number of aromatic nitrogens is 1. The number of hydrogen-bond donors (Lipinski definition) is 2. The summed E-state index contributed by atoms with van der Waals surface area (Å²) in [7, 11) is 1.97. The van der Waals surface area contributed by atoms with Crippen molar-refractivity contribution in [3.8, 4) is 5.69 Å². The second-order valence-electron chi connectivity index (χ2n) is 13.0. The minimum atomic E-state index is -0.00568. The van der Waals surface area contributed by atoms with Gasteiger partial charge in [-0.05, 0) is 74.9 Å². The van der Waals surface area contributed by atoms with Crippen molar-refractivity contribution in [2.24, 2.45) is 0 Å². The Balaban J connectivity index is 1.38. The molecule has 3 heteroatoms. The molecule has 9 aromatic rings. The van der Waals surface area contributed by atoms with Gasteiger partial charge in [0.2, 0.25) is 0 Å². The van der Waals surface area contributed by atoms with Gasteiger partial charge in [-0.2, -0.15) is 0 Å². The number of rotatable bonds is 8. The summed E-state index contributed by atoms with van der Waals surface area (Å²) >= 11 is 0. The number of fused-ring (bicyclic) bond motifs is 8. The molecule has 50 heavy (non-hydrogen) atoms. The van der Waals surface area contributed by atoms with E-state index in [1.165, 1.54) is 70.9 Å². The average molecular weight is 644 g/mol. The largest absolute Gasteiger partial charge is 0.372 e. The summed E-state index contributed by atoms with van der Waals surface area (Å²) in [5.74, 6) is -0.00568. The van der Waals surface area contributed by atoms with Crippen LogP contribution in [0.25, 0.3) is 65.5 Å². The van der Waals surface area contributed by atoms with E-state index >= 15 is 0 Å². The molecular weight excluding hydrogens is 607 g/mol. The first kappa shape index (κ1) is 29.9. The average Bonchev–Trinajstić information content (AvgIpc) is 3.53. The number of nitrogens with one attached hydrogen (secondary N) is 2. The Hall–Kier alpha value is -6.16. The molecule has 1 heterocycles. The molecule has 1 aromatic heterocycles. The predicted octanol–water partition coefficient (Wildman–Crippen LogP) is 11.2. The van der Waals surface area contributed by atoms with E-state index in [1.807, 2.05) is 7.05 Å². The van der Waals surface area contributed by atoms with Gasteiger partial charge < -0.3 is 15.2 Å². The Labute approximate surface area is 292 Å². The Morgan fingerprint density at radius 3 is 1.70 bits per heavy atom. The zero-order chi connectivity index (χ0) is 33.4. The minimum absolute atomic E-state index is 0.00568. The van der Waals surface area contributed by atoms with E-state index < -0.39 is 0 Å². The molecule has 0 saturated carbocycles. The van der Waals surface area contributed by atoms with Crippen molar-refractivity contribution in [2.45, 2.75) is 5.92 Å². The van der Waals surface area contributed by atoms with Gasteiger partial charge in [0.25, 0.3) is 0 Å². The second-order valence-corrected chi connectivity index (χ2v) is 13.0. The summed E-state index contributed by atoms with van der Waals surface area (Å²) in [5.41, 5.74) is 8.34. The van der Waals surface area contributed by atoms with Crippen LogP contribution in [0.3, 0.4) is 0 Å². The lowest BCUT2D eigenvalue weighted by Crippen LogP contribution is -2.25. The van der Waals surface area contributed by atoms with Crippen molar-refractivity contribution >= 4 is 59.8 Å². The van der Waals surface area contributed by atoms with E-state index in [2.05, 4.69) is 191 Å². The lowest BCUT2D eigenvalue weighted by atomic mass is 9.87. The zero-order valence-electron chi connectivity index (χ0n) is 28.0. The molecule has 0 fully saturated rings. The van der Waals surface area contributed by atoms with Crippen molar-refractivity contribution in [1.29, 1.82) is 0 Å². The van der Waals surface area contributed by atoms with Crippen LogP contribution < -0.4 is 10.6 Å². The van der Waals surface area contributed by atoms with Crippen molar-refractivity contribution < 1.29 is 0 Å². The first-order valence-electron chi connectivity index (χ1n) is 17.4. The van der Waals surface area contributed by atoms with Crippen molar-refractivity contribution in [3.05, 3.63) is 193 Å². The Morgan fingerprint density at radius 1 is 0.540 bits per heavy atom. The maximum atomic E-state index is 3.66. The minimum Gasteiger partial charge on any atom is -0.372 e. The van der Waals surface area contributed by atoms with Crippen LogP contribution in [-0.4, -0.2) is 18.3 Å². The fourth-order valence-corrected chi connectivity index (χ4v) is 7.76. The van der Waals surface area contributed by atoms with E-state index in [0.29, 0.717) is 6.67 Å². The van der Waals surface area contributed by atoms with E-state index in [4.69, 9.17) is 0 Å². The summed E-state index contributed by atoms with van der Waals surface area (Å²) in [5, 5.41) is 17.0. The monoisotopic (exact) mass is 643 g/mol. The molecule has 9 rings (SSSR count). The highest BCUT2D eigenvalue weighted by atomic mass is 15.0. The summed E-state index contributed by atoms with van der Waals surface area (Å²) in [6.45, 7) is 0.661. The van der Waals surface area contributed by atoms with E-state index in [0.717, 1.165) is 11.3 Å². The third-order valence-corrected chi connectivity index (χ3v) is 10.0. The topological polar surface area (TPSA) is 29.0 Å². The molecule has 0 bridgehead atoms. The van der Waals surface area contributed by atoms with Crippen molar-refractivity contribution in [1.82, 2.24) is 15.2 Å². The molecule has 0 aliphatic carbocycles. The third-order valence-electron chi connectivity index (χ3n) is 10.0. The number of allylic oxidation sites excluding steroid dienone is 1. The van der Waals surface area contributed by atoms with E-state index in [1.54, 1.807) is 0 Å². The van der Waals surface area contributed by atoms with Crippen molar-refractivity contribution in [2.75, 3.05) is 13.7 Å². The van der Waals surface area contributed by atoms with E-state index in [-0.39, 0.29) is 5.92 Å². The van der Waals surface area contributed by atoms with Crippen LogP contribution in [0.5, 0.6) is 0 Å². The molecule has 240 valence electrons. The van der Waals surface area contributed by atoms with Crippen LogP contribution in [0.15, 0.2) is 176 Å². The lowest BCUT2D eigenvalue weighted by molar-refractivity contribution is 0.746. The molecule has 1 atom stereocenters. The van der Waals surface area contributed by atoms with Crippen LogP contribution in [0.1, 0.15) is 22.6 Å². The zero-order valence-corrected chi connectivity index (χ0v) is 28.0. The van der Waals surface area contributed by atoms with Crippen LogP contribution in [-0.2, 0) is 0 Å². The van der Waals surface area contributed by atoms with Gasteiger partial charge in [-0.1, -0.05) is 152 Å². The number of hydrogen-bond acceptors (Lipinski definition) is 2. The van der Waals surface area contributed by atoms with Crippen LogP contribution in [0.2, 0.25) is 0 Å². The normalized spacial score (nSPS) is 12.7. The highest BCUT2D eigenvalue weighted by Crippen LogP contribution is 2.43. The fraction of sp³-hybridized carbons (Fsp3) is 0.0638. The SMILES string of the molecule is CNCN/C(=C\C(c1ccccc1)c1cc(-n2c3ccc4ccccc4c3c3c4ccccc4ccc32)c2ccccc2c1)c1ccccc1. The first-order valence-corrected chi connectivity index (χ1v) is 17.4. The molecule has 0 aliphatic rings. The molecule has 0 aliphatic heterocycles. The molecule has 8 aromatic carbocycles. The van der Waals surface area contributed by atoms with Crippen LogP contribution in [0, 0.1) is 0 Å². The number of benzene rings is 8.